The molecule has 1 amide bonds. The molecule has 0 aliphatic carbocycles. The van der Waals surface area contributed by atoms with Crippen molar-refractivity contribution in [3.63, 3.8) is 0 Å². The maximum atomic E-state index is 12.5. The van der Waals surface area contributed by atoms with Crippen LogP contribution in [0.2, 0.25) is 0 Å². The van der Waals surface area contributed by atoms with Crippen LogP contribution in [0, 0.1) is 6.92 Å². The standard InChI is InChI=1S/C21H25N3O2/c1-17-8-6-7-11-20(17)26-15-14-23(2)16-21(25)24-13-12-19(22-24)18-9-4-3-5-10-18/h3-11H,12-16H2,1-2H3. The molecule has 0 atom stereocenters. The van der Waals surface area contributed by atoms with Gasteiger partial charge in [-0.3, -0.25) is 9.69 Å². The molecule has 0 saturated heterocycles. The molecule has 0 spiro atoms. The Hall–Kier alpha value is -2.66. The first-order valence-corrected chi connectivity index (χ1v) is 8.94. The number of benzene rings is 2. The van der Waals surface area contributed by atoms with Gasteiger partial charge in [-0.1, -0.05) is 48.5 Å². The molecule has 1 aliphatic rings. The van der Waals surface area contributed by atoms with E-state index < -0.39 is 0 Å². The van der Waals surface area contributed by atoms with Crippen LogP contribution >= 0.6 is 0 Å². The van der Waals surface area contributed by atoms with Crippen molar-refractivity contribution < 1.29 is 9.53 Å². The lowest BCUT2D eigenvalue weighted by Gasteiger charge is -2.19. The molecule has 0 N–H and O–H groups in total. The zero-order valence-corrected chi connectivity index (χ0v) is 15.4. The summed E-state index contributed by atoms with van der Waals surface area (Å²) < 4.78 is 5.80. The summed E-state index contributed by atoms with van der Waals surface area (Å²) in [6.07, 6.45) is 0.801. The van der Waals surface area contributed by atoms with Gasteiger partial charge >= 0.3 is 0 Å². The van der Waals surface area contributed by atoms with E-state index in [2.05, 4.69) is 5.10 Å². The van der Waals surface area contributed by atoms with Crippen LogP contribution < -0.4 is 4.74 Å². The Morgan fingerprint density at radius 3 is 2.65 bits per heavy atom. The van der Waals surface area contributed by atoms with Crippen molar-refractivity contribution in [3.8, 4) is 5.75 Å². The van der Waals surface area contributed by atoms with E-state index in [-0.39, 0.29) is 5.91 Å². The monoisotopic (exact) mass is 351 g/mol. The van der Waals surface area contributed by atoms with E-state index >= 15 is 0 Å². The number of hydrazone groups is 1. The van der Waals surface area contributed by atoms with Gasteiger partial charge in [-0.05, 0) is 31.2 Å². The number of carbonyl (C=O) groups excluding carboxylic acids is 1. The average Bonchev–Trinajstić information content (AvgIpc) is 3.14. The van der Waals surface area contributed by atoms with E-state index in [9.17, 15) is 4.79 Å². The molecule has 0 bridgehead atoms. The second-order valence-corrected chi connectivity index (χ2v) is 6.53. The highest BCUT2D eigenvalue weighted by molar-refractivity contribution is 6.02. The minimum atomic E-state index is 0.0225. The molecule has 26 heavy (non-hydrogen) atoms. The fourth-order valence-electron chi connectivity index (χ4n) is 2.89. The summed E-state index contributed by atoms with van der Waals surface area (Å²) in [5, 5.41) is 6.08. The zero-order chi connectivity index (χ0) is 18.4. The van der Waals surface area contributed by atoms with Crippen LogP contribution in [0.15, 0.2) is 59.7 Å². The number of likely N-dealkylation sites (N-methyl/N-ethyl adjacent to an activating group) is 1. The highest BCUT2D eigenvalue weighted by Crippen LogP contribution is 2.16. The third kappa shape index (κ3) is 4.70. The number of amides is 1. The largest absolute Gasteiger partial charge is 0.492 e. The highest BCUT2D eigenvalue weighted by atomic mass is 16.5. The van der Waals surface area contributed by atoms with Gasteiger partial charge < -0.3 is 4.74 Å². The Kier molecular flexibility index (Phi) is 6.02. The summed E-state index contributed by atoms with van der Waals surface area (Å²) >= 11 is 0. The SMILES string of the molecule is Cc1ccccc1OCCN(C)CC(=O)N1CCC(c2ccccc2)=N1. The number of nitrogens with zero attached hydrogens (tertiary/aromatic N) is 3. The summed E-state index contributed by atoms with van der Waals surface area (Å²) in [5.74, 6) is 0.915. The Bertz CT molecular complexity index is 774. The molecule has 0 radical (unpaired) electrons. The summed E-state index contributed by atoms with van der Waals surface area (Å²) in [6.45, 7) is 4.24. The summed E-state index contributed by atoms with van der Waals surface area (Å²) in [6, 6.07) is 18.0. The smallest absolute Gasteiger partial charge is 0.256 e. The molecule has 0 fully saturated rings. The minimum Gasteiger partial charge on any atom is -0.492 e. The molecule has 2 aromatic carbocycles. The lowest BCUT2D eigenvalue weighted by atomic mass is 10.1. The van der Waals surface area contributed by atoms with Gasteiger partial charge in [-0.2, -0.15) is 5.10 Å². The molecule has 5 nitrogen and oxygen atoms in total. The van der Waals surface area contributed by atoms with Gasteiger partial charge in [-0.15, -0.1) is 0 Å². The van der Waals surface area contributed by atoms with Crippen molar-refractivity contribution in [3.05, 3.63) is 65.7 Å². The van der Waals surface area contributed by atoms with Crippen molar-refractivity contribution in [1.82, 2.24) is 9.91 Å². The number of aryl methyl sites for hydroxylation is 1. The fraction of sp³-hybridized carbons (Fsp3) is 0.333. The quantitative estimate of drug-likeness (QED) is 0.770. The zero-order valence-electron chi connectivity index (χ0n) is 15.4. The van der Waals surface area contributed by atoms with Gasteiger partial charge in [0.25, 0.3) is 5.91 Å². The van der Waals surface area contributed by atoms with Gasteiger partial charge in [0, 0.05) is 13.0 Å². The Labute approximate surface area is 154 Å². The average molecular weight is 351 g/mol. The minimum absolute atomic E-state index is 0.0225. The third-order valence-electron chi connectivity index (χ3n) is 4.43. The van der Waals surface area contributed by atoms with Crippen LogP contribution in [0.5, 0.6) is 5.75 Å². The molecule has 1 heterocycles. The topological polar surface area (TPSA) is 45.1 Å². The number of hydrogen-bond donors (Lipinski definition) is 0. The number of para-hydroxylation sites is 1. The van der Waals surface area contributed by atoms with Crippen LogP contribution in [-0.4, -0.2) is 54.8 Å². The maximum Gasteiger partial charge on any atom is 0.256 e. The molecule has 0 unspecified atom stereocenters. The molecule has 3 rings (SSSR count). The van der Waals surface area contributed by atoms with Crippen molar-refractivity contribution >= 4 is 11.6 Å². The fourth-order valence-corrected chi connectivity index (χ4v) is 2.89. The molecule has 136 valence electrons. The van der Waals surface area contributed by atoms with E-state index in [1.165, 1.54) is 0 Å². The number of hydrogen-bond acceptors (Lipinski definition) is 4. The van der Waals surface area contributed by atoms with Crippen LogP contribution in [-0.2, 0) is 4.79 Å². The molecule has 2 aromatic rings. The molecule has 5 heteroatoms. The molecular formula is C21H25N3O2. The first-order chi connectivity index (χ1) is 12.6. The molecule has 1 aliphatic heterocycles. The van der Waals surface area contributed by atoms with Gasteiger partial charge in [0.15, 0.2) is 0 Å². The highest BCUT2D eigenvalue weighted by Gasteiger charge is 2.22. The Morgan fingerprint density at radius 2 is 1.88 bits per heavy atom. The molecular weight excluding hydrogens is 326 g/mol. The second kappa shape index (κ2) is 8.63. The van der Waals surface area contributed by atoms with Crippen LogP contribution in [0.3, 0.4) is 0 Å². The first-order valence-electron chi connectivity index (χ1n) is 8.94. The van der Waals surface area contributed by atoms with Gasteiger partial charge in [0.2, 0.25) is 0 Å². The van der Waals surface area contributed by atoms with E-state index in [4.69, 9.17) is 4.74 Å². The van der Waals surface area contributed by atoms with Crippen molar-refractivity contribution in [2.45, 2.75) is 13.3 Å². The normalized spacial score (nSPS) is 13.8. The first kappa shape index (κ1) is 18.1. The Morgan fingerprint density at radius 1 is 1.15 bits per heavy atom. The summed E-state index contributed by atoms with van der Waals surface area (Å²) in [5.41, 5.74) is 3.18. The summed E-state index contributed by atoms with van der Waals surface area (Å²) in [7, 11) is 1.93. The lowest BCUT2D eigenvalue weighted by molar-refractivity contribution is -0.131. The predicted molar refractivity (Wildman–Crippen MR) is 103 cm³/mol. The van der Waals surface area contributed by atoms with Gasteiger partial charge in [0.05, 0.1) is 18.8 Å². The third-order valence-corrected chi connectivity index (χ3v) is 4.43. The van der Waals surface area contributed by atoms with Crippen LogP contribution in [0.4, 0.5) is 0 Å². The van der Waals surface area contributed by atoms with E-state index in [0.29, 0.717) is 26.2 Å². The van der Waals surface area contributed by atoms with Crippen molar-refractivity contribution in [1.29, 1.82) is 0 Å². The molecule has 0 saturated carbocycles. The van der Waals surface area contributed by atoms with E-state index in [1.807, 2.05) is 73.5 Å². The summed E-state index contributed by atoms with van der Waals surface area (Å²) in [4.78, 5) is 14.4. The number of ether oxygens (including phenoxy) is 1. The Balaban J connectivity index is 1.46. The number of carbonyl (C=O) groups is 1. The van der Waals surface area contributed by atoms with E-state index in [0.717, 1.165) is 29.0 Å². The van der Waals surface area contributed by atoms with Crippen LogP contribution in [0.25, 0.3) is 0 Å². The second-order valence-electron chi connectivity index (χ2n) is 6.53. The predicted octanol–water partition coefficient (Wildman–Crippen LogP) is 2.94. The lowest BCUT2D eigenvalue weighted by Crippen LogP contribution is -2.36. The maximum absolute atomic E-state index is 12.5. The van der Waals surface area contributed by atoms with Crippen molar-refractivity contribution in [2.75, 3.05) is 33.3 Å². The van der Waals surface area contributed by atoms with Crippen molar-refractivity contribution in [2.24, 2.45) is 5.10 Å². The molecule has 0 aromatic heterocycles. The number of rotatable bonds is 7. The van der Waals surface area contributed by atoms with Crippen LogP contribution in [0.1, 0.15) is 17.5 Å². The van der Waals surface area contributed by atoms with Gasteiger partial charge in [-0.25, -0.2) is 5.01 Å². The van der Waals surface area contributed by atoms with Gasteiger partial charge in [0.1, 0.15) is 12.4 Å². The van der Waals surface area contributed by atoms with E-state index in [1.54, 1.807) is 5.01 Å².